The first-order valence-electron chi connectivity index (χ1n) is 3.47. The van der Waals surface area contributed by atoms with Crippen molar-refractivity contribution in [1.82, 2.24) is 0 Å². The second kappa shape index (κ2) is 2.09. The molecule has 1 saturated carbocycles. The van der Waals surface area contributed by atoms with E-state index in [4.69, 9.17) is 5.26 Å². The summed E-state index contributed by atoms with van der Waals surface area (Å²) in [5.41, 5.74) is 0.188. The van der Waals surface area contributed by atoms with Gasteiger partial charge in [-0.15, -0.1) is 0 Å². The fraction of sp³-hybridized carbons (Fsp3) is 0.750. The van der Waals surface area contributed by atoms with E-state index in [1.54, 1.807) is 0 Å². The van der Waals surface area contributed by atoms with Gasteiger partial charge in [-0.1, -0.05) is 13.8 Å². The number of ketones is 1. The Labute approximate surface area is 60.8 Å². The summed E-state index contributed by atoms with van der Waals surface area (Å²) < 4.78 is 0. The van der Waals surface area contributed by atoms with Crippen LogP contribution in [0.5, 0.6) is 0 Å². The maximum atomic E-state index is 11.0. The molecule has 0 aromatic heterocycles. The Bertz CT molecular complexity index is 200. The summed E-state index contributed by atoms with van der Waals surface area (Å²) in [7, 11) is 0. The zero-order valence-corrected chi connectivity index (χ0v) is 6.35. The van der Waals surface area contributed by atoms with E-state index in [0.717, 1.165) is 6.42 Å². The van der Waals surface area contributed by atoms with E-state index in [2.05, 4.69) is 13.8 Å². The van der Waals surface area contributed by atoms with Crippen LogP contribution in [0.4, 0.5) is 0 Å². The molecule has 0 radical (unpaired) electrons. The average Bonchev–Trinajstić information content (AvgIpc) is 2.41. The van der Waals surface area contributed by atoms with Crippen molar-refractivity contribution < 1.29 is 4.79 Å². The molecule has 1 aliphatic carbocycles. The molecule has 0 saturated heterocycles. The van der Waals surface area contributed by atoms with Gasteiger partial charge in [-0.05, 0) is 11.8 Å². The molecule has 0 spiro atoms. The maximum Gasteiger partial charge on any atom is 0.150 e. The molecule has 0 N–H and O–H groups in total. The highest BCUT2D eigenvalue weighted by molar-refractivity contribution is 5.86. The van der Waals surface area contributed by atoms with Crippen LogP contribution in [0.1, 0.15) is 26.7 Å². The summed E-state index contributed by atoms with van der Waals surface area (Å²) in [6.45, 7) is 4.12. The van der Waals surface area contributed by atoms with E-state index in [1.165, 1.54) is 0 Å². The minimum Gasteiger partial charge on any atom is -0.298 e. The molecule has 1 unspecified atom stereocenters. The number of carbonyl (C=O) groups excluding carboxylic acids is 1. The molecule has 0 aliphatic heterocycles. The van der Waals surface area contributed by atoms with Gasteiger partial charge in [0, 0.05) is 5.92 Å². The van der Waals surface area contributed by atoms with Crippen LogP contribution in [0.2, 0.25) is 0 Å². The molecule has 0 aromatic rings. The van der Waals surface area contributed by atoms with Crippen molar-refractivity contribution in [2.45, 2.75) is 26.7 Å². The van der Waals surface area contributed by atoms with Gasteiger partial charge in [-0.2, -0.15) is 5.26 Å². The van der Waals surface area contributed by atoms with Crippen molar-refractivity contribution >= 4 is 5.78 Å². The normalized spacial score (nSPS) is 27.1. The summed E-state index contributed by atoms with van der Waals surface area (Å²) in [4.78, 5) is 11.0. The highest BCUT2D eigenvalue weighted by Gasteiger charge is 2.49. The molecule has 0 amide bonds. The number of hydrogen-bond donors (Lipinski definition) is 0. The minimum atomic E-state index is 0.0914. The molecule has 0 bridgehead atoms. The van der Waals surface area contributed by atoms with Gasteiger partial charge in [-0.25, -0.2) is 0 Å². The van der Waals surface area contributed by atoms with Crippen LogP contribution in [-0.2, 0) is 4.79 Å². The molecule has 1 fully saturated rings. The number of hydrogen-bond acceptors (Lipinski definition) is 2. The van der Waals surface area contributed by atoms with Gasteiger partial charge in [0.15, 0.2) is 5.78 Å². The predicted molar refractivity (Wildman–Crippen MR) is 37.1 cm³/mol. The molecular weight excluding hydrogens is 126 g/mol. The maximum absolute atomic E-state index is 11.0. The first-order chi connectivity index (χ1) is 4.58. The van der Waals surface area contributed by atoms with Crippen LogP contribution in [-0.4, -0.2) is 5.78 Å². The lowest BCUT2D eigenvalue weighted by molar-refractivity contribution is -0.119. The van der Waals surface area contributed by atoms with Crippen LogP contribution < -0.4 is 0 Å². The first-order valence-corrected chi connectivity index (χ1v) is 3.47. The van der Waals surface area contributed by atoms with Crippen LogP contribution >= 0.6 is 0 Å². The van der Waals surface area contributed by atoms with Crippen LogP contribution in [0.25, 0.3) is 0 Å². The molecule has 54 valence electrons. The van der Waals surface area contributed by atoms with Crippen LogP contribution in [0, 0.1) is 22.7 Å². The Balaban J connectivity index is 2.42. The Kier molecular flexibility index (Phi) is 1.52. The SMILES string of the molecule is CC1(C)CC1C(=O)CC#N. The molecule has 2 heteroatoms. The molecule has 0 heterocycles. The molecular formula is C8H11NO. The van der Waals surface area contributed by atoms with Crippen LogP contribution in [0.3, 0.4) is 0 Å². The van der Waals surface area contributed by atoms with Crippen molar-refractivity contribution in [3.63, 3.8) is 0 Å². The highest BCUT2D eigenvalue weighted by atomic mass is 16.1. The number of nitriles is 1. The third-order valence-electron chi connectivity index (χ3n) is 2.16. The van der Waals surface area contributed by atoms with E-state index in [-0.39, 0.29) is 23.5 Å². The van der Waals surface area contributed by atoms with Crippen molar-refractivity contribution in [2.24, 2.45) is 11.3 Å². The molecule has 10 heavy (non-hydrogen) atoms. The number of nitrogens with zero attached hydrogens (tertiary/aromatic N) is 1. The Morgan fingerprint density at radius 3 is 2.60 bits per heavy atom. The Morgan fingerprint density at radius 1 is 1.80 bits per heavy atom. The Hall–Kier alpha value is -0.840. The minimum absolute atomic E-state index is 0.0914. The van der Waals surface area contributed by atoms with E-state index in [0.29, 0.717) is 0 Å². The molecule has 1 aliphatic rings. The zero-order chi connectivity index (χ0) is 7.78. The lowest BCUT2D eigenvalue weighted by Gasteiger charge is -1.97. The summed E-state index contributed by atoms with van der Waals surface area (Å²) in [5.74, 6) is 0.291. The third kappa shape index (κ3) is 1.18. The molecule has 0 aromatic carbocycles. The van der Waals surface area contributed by atoms with E-state index in [9.17, 15) is 4.79 Å². The number of rotatable bonds is 2. The predicted octanol–water partition coefficient (Wildman–Crippen LogP) is 1.52. The van der Waals surface area contributed by atoms with Gasteiger partial charge in [0.2, 0.25) is 0 Å². The standard InChI is InChI=1S/C8H11NO/c1-8(2)5-6(8)7(10)3-4-9/h6H,3,5H2,1-2H3. The summed E-state index contributed by atoms with van der Waals surface area (Å²) in [6, 6.07) is 1.88. The van der Waals surface area contributed by atoms with Crippen molar-refractivity contribution in [1.29, 1.82) is 5.26 Å². The van der Waals surface area contributed by atoms with Gasteiger partial charge in [0.25, 0.3) is 0 Å². The smallest absolute Gasteiger partial charge is 0.150 e. The fourth-order valence-electron chi connectivity index (χ4n) is 1.22. The van der Waals surface area contributed by atoms with Gasteiger partial charge < -0.3 is 0 Å². The number of carbonyl (C=O) groups is 1. The largest absolute Gasteiger partial charge is 0.298 e. The fourth-order valence-corrected chi connectivity index (χ4v) is 1.22. The van der Waals surface area contributed by atoms with Crippen molar-refractivity contribution in [2.75, 3.05) is 0 Å². The zero-order valence-electron chi connectivity index (χ0n) is 6.35. The lowest BCUT2D eigenvalue weighted by atomic mass is 10.1. The Morgan fingerprint density at radius 2 is 2.30 bits per heavy atom. The third-order valence-corrected chi connectivity index (χ3v) is 2.16. The average molecular weight is 137 g/mol. The second-order valence-electron chi connectivity index (χ2n) is 3.55. The van der Waals surface area contributed by atoms with Gasteiger partial charge in [0.05, 0.1) is 12.5 Å². The lowest BCUT2D eigenvalue weighted by Crippen LogP contribution is -2.03. The van der Waals surface area contributed by atoms with Crippen molar-refractivity contribution in [3.05, 3.63) is 0 Å². The monoisotopic (exact) mass is 137 g/mol. The quantitative estimate of drug-likeness (QED) is 0.579. The second-order valence-corrected chi connectivity index (χ2v) is 3.55. The van der Waals surface area contributed by atoms with E-state index in [1.807, 2.05) is 6.07 Å². The molecule has 2 nitrogen and oxygen atoms in total. The summed E-state index contributed by atoms with van der Waals surface area (Å²) in [6.07, 6.45) is 1.06. The molecule has 1 atom stereocenters. The first kappa shape index (κ1) is 7.27. The molecule has 1 rings (SSSR count). The van der Waals surface area contributed by atoms with Gasteiger partial charge in [-0.3, -0.25) is 4.79 Å². The van der Waals surface area contributed by atoms with E-state index < -0.39 is 0 Å². The number of Topliss-reactive ketones (excluding diaryl/α,β-unsaturated/α-hetero) is 1. The van der Waals surface area contributed by atoms with Gasteiger partial charge >= 0.3 is 0 Å². The summed E-state index contributed by atoms with van der Waals surface area (Å²) in [5, 5.41) is 8.21. The van der Waals surface area contributed by atoms with Crippen LogP contribution in [0.15, 0.2) is 0 Å². The highest BCUT2D eigenvalue weighted by Crippen LogP contribution is 2.52. The van der Waals surface area contributed by atoms with Crippen molar-refractivity contribution in [3.8, 4) is 6.07 Å². The summed E-state index contributed by atoms with van der Waals surface area (Å²) >= 11 is 0. The van der Waals surface area contributed by atoms with Gasteiger partial charge in [0.1, 0.15) is 0 Å². The van der Waals surface area contributed by atoms with E-state index >= 15 is 0 Å². The topological polar surface area (TPSA) is 40.9 Å².